The van der Waals surface area contributed by atoms with Crippen LogP contribution in [0, 0.1) is 23.2 Å². The van der Waals surface area contributed by atoms with Crippen molar-refractivity contribution in [3.63, 3.8) is 0 Å². The van der Waals surface area contributed by atoms with Crippen LogP contribution in [0.4, 0.5) is 4.79 Å². The van der Waals surface area contributed by atoms with Gasteiger partial charge in [0.15, 0.2) is 0 Å². The number of carbonyl (C=O) groups excluding carboxylic acids is 2. The number of hydrogen-bond acceptors (Lipinski definition) is 3. The summed E-state index contributed by atoms with van der Waals surface area (Å²) in [5.41, 5.74) is -0.737. The SMILES string of the molecule is CC(C)CNC(=O)N1CCCC(C(=O)N2C[C@@H]3CCC[C@@]3(C(=O)O)C2)C1. The van der Waals surface area contributed by atoms with Crippen LogP contribution >= 0.6 is 0 Å². The van der Waals surface area contributed by atoms with Crippen molar-refractivity contribution in [2.45, 2.75) is 46.0 Å². The highest BCUT2D eigenvalue weighted by molar-refractivity contribution is 5.84. The van der Waals surface area contributed by atoms with Gasteiger partial charge in [-0.1, -0.05) is 20.3 Å². The van der Waals surface area contributed by atoms with Crippen LogP contribution in [-0.4, -0.2) is 65.5 Å². The molecule has 2 saturated heterocycles. The van der Waals surface area contributed by atoms with E-state index in [1.807, 2.05) is 13.8 Å². The second-order valence-corrected chi connectivity index (χ2v) is 8.63. The van der Waals surface area contributed by atoms with Gasteiger partial charge in [-0.3, -0.25) is 9.59 Å². The van der Waals surface area contributed by atoms with Crippen molar-refractivity contribution in [3.05, 3.63) is 0 Å². The van der Waals surface area contributed by atoms with Crippen molar-refractivity contribution < 1.29 is 19.5 Å². The molecule has 0 spiro atoms. The number of nitrogens with zero attached hydrogens (tertiary/aromatic N) is 2. The molecular weight excluding hydrogens is 334 g/mol. The summed E-state index contributed by atoms with van der Waals surface area (Å²) < 4.78 is 0. The van der Waals surface area contributed by atoms with Crippen molar-refractivity contribution in [1.82, 2.24) is 15.1 Å². The Morgan fingerprint density at radius 3 is 2.58 bits per heavy atom. The normalized spacial score (nSPS) is 31.2. The number of piperidine rings is 1. The number of nitrogens with one attached hydrogen (secondary N) is 1. The third-order valence-electron chi connectivity index (χ3n) is 6.33. The first-order valence-electron chi connectivity index (χ1n) is 9.88. The highest BCUT2D eigenvalue weighted by Gasteiger charge is 2.56. The third kappa shape index (κ3) is 3.53. The smallest absolute Gasteiger partial charge is 0.317 e. The molecule has 3 fully saturated rings. The van der Waals surface area contributed by atoms with Crippen LogP contribution in [0.5, 0.6) is 0 Å². The maximum Gasteiger partial charge on any atom is 0.317 e. The van der Waals surface area contributed by atoms with Crippen LogP contribution in [0.15, 0.2) is 0 Å². The molecule has 146 valence electrons. The molecule has 2 heterocycles. The second-order valence-electron chi connectivity index (χ2n) is 8.63. The molecule has 0 bridgehead atoms. The monoisotopic (exact) mass is 365 g/mol. The zero-order valence-corrected chi connectivity index (χ0v) is 15.9. The van der Waals surface area contributed by atoms with Gasteiger partial charge in [0, 0.05) is 32.7 Å². The van der Waals surface area contributed by atoms with E-state index >= 15 is 0 Å². The molecule has 1 aliphatic carbocycles. The molecule has 3 atom stereocenters. The fourth-order valence-electron chi connectivity index (χ4n) is 4.83. The van der Waals surface area contributed by atoms with Crippen LogP contribution in [-0.2, 0) is 9.59 Å². The summed E-state index contributed by atoms with van der Waals surface area (Å²) in [4.78, 5) is 40.6. The lowest BCUT2D eigenvalue weighted by Gasteiger charge is -2.34. The van der Waals surface area contributed by atoms with Crippen molar-refractivity contribution in [3.8, 4) is 0 Å². The Balaban J connectivity index is 1.60. The van der Waals surface area contributed by atoms with Crippen molar-refractivity contribution >= 4 is 17.9 Å². The minimum Gasteiger partial charge on any atom is -0.481 e. The number of carbonyl (C=O) groups is 3. The van der Waals surface area contributed by atoms with Crippen LogP contribution < -0.4 is 5.32 Å². The summed E-state index contributed by atoms with van der Waals surface area (Å²) in [6.07, 6.45) is 4.09. The van der Waals surface area contributed by atoms with Crippen LogP contribution in [0.1, 0.15) is 46.0 Å². The quantitative estimate of drug-likeness (QED) is 0.795. The van der Waals surface area contributed by atoms with E-state index in [-0.39, 0.29) is 23.8 Å². The van der Waals surface area contributed by atoms with E-state index in [2.05, 4.69) is 5.32 Å². The van der Waals surface area contributed by atoms with E-state index in [9.17, 15) is 19.5 Å². The molecule has 26 heavy (non-hydrogen) atoms. The third-order valence-corrected chi connectivity index (χ3v) is 6.33. The van der Waals surface area contributed by atoms with Gasteiger partial charge in [-0.2, -0.15) is 0 Å². The summed E-state index contributed by atoms with van der Waals surface area (Å²) in [5, 5.41) is 12.6. The summed E-state index contributed by atoms with van der Waals surface area (Å²) >= 11 is 0. The van der Waals surface area contributed by atoms with Gasteiger partial charge in [0.2, 0.25) is 5.91 Å². The molecule has 0 radical (unpaired) electrons. The molecule has 2 aliphatic heterocycles. The van der Waals surface area contributed by atoms with E-state index in [0.717, 1.165) is 25.7 Å². The van der Waals surface area contributed by atoms with Crippen molar-refractivity contribution in [2.75, 3.05) is 32.7 Å². The summed E-state index contributed by atoms with van der Waals surface area (Å²) in [6, 6.07) is -0.100. The van der Waals surface area contributed by atoms with Gasteiger partial charge in [0.05, 0.1) is 11.3 Å². The molecule has 3 amide bonds. The van der Waals surface area contributed by atoms with Gasteiger partial charge in [-0.05, 0) is 37.5 Å². The van der Waals surface area contributed by atoms with Gasteiger partial charge in [0.1, 0.15) is 0 Å². The lowest BCUT2D eigenvalue weighted by molar-refractivity contribution is -0.149. The number of aliphatic carboxylic acids is 1. The van der Waals surface area contributed by atoms with Gasteiger partial charge >= 0.3 is 12.0 Å². The van der Waals surface area contributed by atoms with Gasteiger partial charge in [0.25, 0.3) is 0 Å². The Hall–Kier alpha value is -1.79. The molecular formula is C19H31N3O4. The molecule has 3 rings (SSSR count). The Kier molecular flexibility index (Phi) is 5.44. The predicted molar refractivity (Wildman–Crippen MR) is 96.5 cm³/mol. The number of hydrogen-bond donors (Lipinski definition) is 2. The van der Waals surface area contributed by atoms with Gasteiger partial charge < -0.3 is 20.2 Å². The number of amides is 3. The molecule has 0 aromatic carbocycles. The van der Waals surface area contributed by atoms with Crippen molar-refractivity contribution in [1.29, 1.82) is 0 Å². The zero-order chi connectivity index (χ0) is 18.9. The van der Waals surface area contributed by atoms with Crippen molar-refractivity contribution in [2.24, 2.45) is 23.2 Å². The first kappa shape index (κ1) is 19.0. The minimum absolute atomic E-state index is 0.0291. The molecule has 2 N–H and O–H groups in total. The summed E-state index contributed by atoms with van der Waals surface area (Å²) in [7, 11) is 0. The van der Waals surface area contributed by atoms with Crippen LogP contribution in [0.2, 0.25) is 0 Å². The molecule has 7 heteroatoms. The fraction of sp³-hybridized carbons (Fsp3) is 0.842. The number of rotatable bonds is 4. The van der Waals surface area contributed by atoms with Gasteiger partial charge in [-0.25, -0.2) is 4.79 Å². The highest BCUT2D eigenvalue weighted by Crippen LogP contribution is 2.49. The van der Waals surface area contributed by atoms with E-state index in [0.29, 0.717) is 45.1 Å². The Morgan fingerprint density at radius 2 is 1.92 bits per heavy atom. The molecule has 0 aromatic heterocycles. The lowest BCUT2D eigenvalue weighted by atomic mass is 9.81. The standard InChI is InChI=1S/C19H31N3O4/c1-13(2)9-20-18(26)21-8-4-5-14(10-21)16(23)22-11-15-6-3-7-19(15,12-22)17(24)25/h13-15H,3-12H2,1-2H3,(H,20,26)(H,24,25)/t14?,15-,19+/m0/s1. The molecule has 0 aromatic rings. The number of carboxylic acid groups (broad SMARTS) is 1. The average Bonchev–Trinajstić information content (AvgIpc) is 3.17. The maximum absolute atomic E-state index is 13.0. The Labute approximate surface area is 155 Å². The van der Waals surface area contributed by atoms with Crippen LogP contribution in [0.3, 0.4) is 0 Å². The second kappa shape index (κ2) is 7.45. The number of carboxylic acids is 1. The molecule has 7 nitrogen and oxygen atoms in total. The minimum atomic E-state index is -0.756. The molecule has 3 aliphatic rings. The summed E-state index contributed by atoms with van der Waals surface area (Å²) in [5.74, 6) is -0.469. The maximum atomic E-state index is 13.0. The number of urea groups is 1. The van der Waals surface area contributed by atoms with Gasteiger partial charge in [-0.15, -0.1) is 0 Å². The Bertz CT molecular complexity index is 579. The highest BCUT2D eigenvalue weighted by atomic mass is 16.4. The Morgan fingerprint density at radius 1 is 1.15 bits per heavy atom. The zero-order valence-electron chi connectivity index (χ0n) is 15.9. The lowest BCUT2D eigenvalue weighted by Crippen LogP contribution is -2.50. The number of likely N-dealkylation sites (tertiary alicyclic amines) is 2. The van der Waals surface area contributed by atoms with E-state index in [1.165, 1.54) is 0 Å². The predicted octanol–water partition coefficient (Wildman–Crippen LogP) is 1.78. The first-order chi connectivity index (χ1) is 12.3. The summed E-state index contributed by atoms with van der Waals surface area (Å²) in [6.45, 7) is 6.72. The molecule has 1 unspecified atom stereocenters. The molecule has 1 saturated carbocycles. The largest absolute Gasteiger partial charge is 0.481 e. The van der Waals surface area contributed by atoms with E-state index < -0.39 is 11.4 Å². The first-order valence-corrected chi connectivity index (χ1v) is 9.88. The van der Waals surface area contributed by atoms with E-state index in [1.54, 1.807) is 9.80 Å². The fourth-order valence-corrected chi connectivity index (χ4v) is 4.83. The van der Waals surface area contributed by atoms with Crippen LogP contribution in [0.25, 0.3) is 0 Å². The number of fused-ring (bicyclic) bond motifs is 1. The average molecular weight is 365 g/mol. The topological polar surface area (TPSA) is 90.0 Å². The van der Waals surface area contributed by atoms with E-state index in [4.69, 9.17) is 0 Å².